The van der Waals surface area contributed by atoms with Crippen molar-refractivity contribution in [3.8, 4) is 0 Å². The molecular weight excluding hydrogens is 162 g/mol. The lowest BCUT2D eigenvalue weighted by Gasteiger charge is -2.15. The maximum Gasteiger partial charge on any atom is 0.108 e. The Kier molecular flexibility index (Phi) is 4.20. The lowest BCUT2D eigenvalue weighted by Crippen LogP contribution is -2.32. The second kappa shape index (κ2) is 4.97. The molecule has 0 radical (unpaired) electrons. The molecule has 0 aromatic rings. The molecule has 0 aromatic carbocycles. The van der Waals surface area contributed by atoms with Gasteiger partial charge in [-0.2, -0.15) is 0 Å². The monoisotopic (exact) mass is 185 g/mol. The second-order valence-corrected chi connectivity index (χ2v) is 4.94. The molecule has 0 unspecified atom stereocenters. The van der Waals surface area contributed by atoms with Crippen LogP contribution in [0.1, 0.15) is 40.5 Å². The highest BCUT2D eigenvalue weighted by Crippen LogP contribution is 2.16. The summed E-state index contributed by atoms with van der Waals surface area (Å²) < 4.78 is 5.67. The number of rotatable bonds is 4. The molecule has 1 aliphatic rings. The van der Waals surface area contributed by atoms with Crippen LogP contribution in [-0.2, 0) is 4.74 Å². The lowest BCUT2D eigenvalue weighted by molar-refractivity contribution is 0.0828. The summed E-state index contributed by atoms with van der Waals surface area (Å²) in [6, 6.07) is 0.587. The molecule has 0 aromatic heterocycles. The fourth-order valence-corrected chi connectivity index (χ4v) is 1.86. The molecule has 0 saturated carbocycles. The first-order chi connectivity index (χ1) is 6.08. The summed E-state index contributed by atoms with van der Waals surface area (Å²) in [6.45, 7) is 9.89. The van der Waals surface area contributed by atoms with Gasteiger partial charge in [-0.1, -0.05) is 27.7 Å². The lowest BCUT2D eigenvalue weighted by atomic mass is 10.0. The van der Waals surface area contributed by atoms with Gasteiger partial charge < -0.3 is 4.74 Å². The zero-order valence-corrected chi connectivity index (χ0v) is 9.34. The fraction of sp³-hybridized carbons (Fsp3) is 1.00. The Morgan fingerprint density at radius 1 is 1.15 bits per heavy atom. The summed E-state index contributed by atoms with van der Waals surface area (Å²) in [6.07, 6.45) is 2.67. The van der Waals surface area contributed by atoms with Gasteiger partial charge in [0.05, 0.1) is 6.61 Å². The Bertz CT molecular complexity index is 129. The molecule has 2 heteroatoms. The normalized spacial score (nSPS) is 29.1. The van der Waals surface area contributed by atoms with E-state index in [1.165, 1.54) is 6.42 Å². The molecule has 78 valence electrons. The van der Waals surface area contributed by atoms with Crippen molar-refractivity contribution in [2.75, 3.05) is 6.61 Å². The first-order valence-corrected chi connectivity index (χ1v) is 5.45. The van der Waals surface area contributed by atoms with Crippen LogP contribution in [-0.4, -0.2) is 18.9 Å². The average molecular weight is 185 g/mol. The van der Waals surface area contributed by atoms with E-state index in [2.05, 4.69) is 33.0 Å². The summed E-state index contributed by atoms with van der Waals surface area (Å²) in [5.41, 5.74) is 0. The third-order valence-corrected chi connectivity index (χ3v) is 2.36. The maximum absolute atomic E-state index is 5.67. The van der Waals surface area contributed by atoms with Gasteiger partial charge in [0.2, 0.25) is 0 Å². The first-order valence-electron chi connectivity index (χ1n) is 5.45. The van der Waals surface area contributed by atoms with Crippen LogP contribution in [0.25, 0.3) is 0 Å². The Hall–Kier alpha value is -0.0800. The zero-order valence-electron chi connectivity index (χ0n) is 9.34. The second-order valence-electron chi connectivity index (χ2n) is 4.94. The van der Waals surface area contributed by atoms with E-state index in [1.54, 1.807) is 0 Å². The van der Waals surface area contributed by atoms with Gasteiger partial charge in [0, 0.05) is 6.04 Å². The Morgan fingerprint density at radius 3 is 2.31 bits per heavy atom. The molecule has 1 rings (SSSR count). The van der Waals surface area contributed by atoms with E-state index in [-0.39, 0.29) is 0 Å². The van der Waals surface area contributed by atoms with Gasteiger partial charge in [-0.25, -0.2) is 0 Å². The van der Waals surface area contributed by atoms with Crippen LogP contribution in [0.2, 0.25) is 0 Å². The predicted octanol–water partition coefficient (Wildman–Crippen LogP) is 2.39. The summed E-state index contributed by atoms with van der Waals surface area (Å²) in [5, 5.41) is 3.53. The largest absolute Gasteiger partial charge is 0.362 e. The highest BCUT2D eigenvalue weighted by molar-refractivity contribution is 4.77. The third-order valence-electron chi connectivity index (χ3n) is 2.36. The summed E-state index contributed by atoms with van der Waals surface area (Å²) in [7, 11) is 0. The SMILES string of the molecule is CC(C)C[C@H]1CO[C@H](CC(C)C)N1. The van der Waals surface area contributed by atoms with Gasteiger partial charge in [-0.05, 0) is 24.7 Å². The summed E-state index contributed by atoms with van der Waals surface area (Å²) in [4.78, 5) is 0. The van der Waals surface area contributed by atoms with E-state index in [4.69, 9.17) is 4.74 Å². The van der Waals surface area contributed by atoms with Crippen LogP contribution in [0.4, 0.5) is 0 Å². The van der Waals surface area contributed by atoms with Gasteiger partial charge >= 0.3 is 0 Å². The Balaban J connectivity index is 2.20. The molecule has 1 heterocycles. The minimum atomic E-state index is 0.309. The molecule has 13 heavy (non-hydrogen) atoms. The minimum absolute atomic E-state index is 0.309. The van der Waals surface area contributed by atoms with Crippen LogP contribution in [0.15, 0.2) is 0 Å². The van der Waals surface area contributed by atoms with Gasteiger partial charge in [-0.15, -0.1) is 0 Å². The highest BCUT2D eigenvalue weighted by atomic mass is 16.5. The number of hydrogen-bond acceptors (Lipinski definition) is 2. The molecule has 0 amide bonds. The molecule has 0 aliphatic carbocycles. The van der Waals surface area contributed by atoms with Crippen LogP contribution < -0.4 is 5.32 Å². The maximum atomic E-state index is 5.67. The van der Waals surface area contributed by atoms with E-state index in [0.29, 0.717) is 12.3 Å². The summed E-state index contributed by atoms with van der Waals surface area (Å²) >= 11 is 0. The minimum Gasteiger partial charge on any atom is -0.362 e. The van der Waals surface area contributed by atoms with Gasteiger partial charge in [0.25, 0.3) is 0 Å². The molecule has 1 aliphatic heterocycles. The van der Waals surface area contributed by atoms with E-state index in [1.807, 2.05) is 0 Å². The first kappa shape index (κ1) is 11.0. The molecule has 0 spiro atoms. The average Bonchev–Trinajstić information content (AvgIpc) is 2.33. The third kappa shape index (κ3) is 4.10. The number of hydrogen-bond donors (Lipinski definition) is 1. The van der Waals surface area contributed by atoms with Crippen molar-refractivity contribution in [2.24, 2.45) is 11.8 Å². The molecule has 1 N–H and O–H groups in total. The molecule has 2 atom stereocenters. The Morgan fingerprint density at radius 2 is 1.77 bits per heavy atom. The molecular formula is C11H23NO. The molecule has 2 nitrogen and oxygen atoms in total. The summed E-state index contributed by atoms with van der Waals surface area (Å²) in [5.74, 6) is 1.48. The van der Waals surface area contributed by atoms with Crippen molar-refractivity contribution in [1.29, 1.82) is 0 Å². The van der Waals surface area contributed by atoms with E-state index < -0.39 is 0 Å². The fourth-order valence-electron chi connectivity index (χ4n) is 1.86. The number of ether oxygens (including phenoxy) is 1. The van der Waals surface area contributed by atoms with E-state index in [9.17, 15) is 0 Å². The van der Waals surface area contributed by atoms with Gasteiger partial charge in [-0.3, -0.25) is 5.32 Å². The number of nitrogens with one attached hydrogen (secondary N) is 1. The zero-order chi connectivity index (χ0) is 9.84. The van der Waals surface area contributed by atoms with Crippen molar-refractivity contribution in [3.63, 3.8) is 0 Å². The molecule has 1 saturated heterocycles. The van der Waals surface area contributed by atoms with E-state index >= 15 is 0 Å². The van der Waals surface area contributed by atoms with Gasteiger partial charge in [0.15, 0.2) is 0 Å². The van der Waals surface area contributed by atoms with Crippen molar-refractivity contribution < 1.29 is 4.74 Å². The Labute approximate surface area is 82.0 Å². The van der Waals surface area contributed by atoms with E-state index in [0.717, 1.165) is 24.9 Å². The highest BCUT2D eigenvalue weighted by Gasteiger charge is 2.24. The smallest absolute Gasteiger partial charge is 0.108 e. The van der Waals surface area contributed by atoms with Crippen molar-refractivity contribution in [2.45, 2.75) is 52.8 Å². The standard InChI is InChI=1S/C11H23NO/c1-8(2)5-10-7-13-11(12-10)6-9(3)4/h8-12H,5-7H2,1-4H3/t10-,11+/m0/s1. The predicted molar refractivity (Wildman–Crippen MR) is 55.6 cm³/mol. The molecule has 1 fully saturated rings. The molecule has 0 bridgehead atoms. The van der Waals surface area contributed by atoms with Crippen LogP contribution in [0.3, 0.4) is 0 Å². The quantitative estimate of drug-likeness (QED) is 0.726. The van der Waals surface area contributed by atoms with Crippen LogP contribution in [0, 0.1) is 11.8 Å². The van der Waals surface area contributed by atoms with Crippen LogP contribution >= 0.6 is 0 Å². The van der Waals surface area contributed by atoms with Crippen LogP contribution in [0.5, 0.6) is 0 Å². The van der Waals surface area contributed by atoms with Crippen molar-refractivity contribution in [3.05, 3.63) is 0 Å². The van der Waals surface area contributed by atoms with Crippen molar-refractivity contribution in [1.82, 2.24) is 5.32 Å². The van der Waals surface area contributed by atoms with Crippen molar-refractivity contribution >= 4 is 0 Å². The van der Waals surface area contributed by atoms with Gasteiger partial charge in [0.1, 0.15) is 6.23 Å². The topological polar surface area (TPSA) is 21.3 Å².